The topological polar surface area (TPSA) is 209 Å². The Bertz CT molecular complexity index is 807. The molecule has 42 heavy (non-hydrogen) atoms. The van der Waals surface area contributed by atoms with Gasteiger partial charge in [-0.2, -0.15) is 0 Å². The zero-order valence-corrected chi connectivity index (χ0v) is 24.9. The molecule has 1 rings (SSSR count). The molecule has 0 aromatic carbocycles. The van der Waals surface area contributed by atoms with E-state index in [1.54, 1.807) is 0 Å². The molecule has 0 aliphatic carbocycles. The van der Waals surface area contributed by atoms with Gasteiger partial charge in [-0.15, -0.1) is 0 Å². The molecule has 0 aromatic heterocycles. The summed E-state index contributed by atoms with van der Waals surface area (Å²) in [6, 6.07) is 0. The van der Waals surface area contributed by atoms with Gasteiger partial charge in [0.05, 0.1) is 18.9 Å². The van der Waals surface area contributed by atoms with Crippen molar-refractivity contribution in [1.82, 2.24) is 5.32 Å². The highest BCUT2D eigenvalue weighted by Gasteiger charge is 2.45. The van der Waals surface area contributed by atoms with E-state index in [0.29, 0.717) is 6.42 Å². The van der Waals surface area contributed by atoms with Crippen molar-refractivity contribution in [2.24, 2.45) is 5.92 Å². The maximum atomic E-state index is 11.7. The van der Waals surface area contributed by atoms with Crippen LogP contribution < -0.4 is 5.32 Å². The molecule has 6 N–H and O–H groups in total. The molecule has 1 aliphatic heterocycles. The molecule has 1 heterocycles. The van der Waals surface area contributed by atoms with Gasteiger partial charge in [0, 0.05) is 6.42 Å². The molecule has 1 aliphatic rings. The van der Waals surface area contributed by atoms with Gasteiger partial charge in [-0.05, 0) is 18.8 Å². The fourth-order valence-electron chi connectivity index (χ4n) is 4.66. The first kappa shape index (κ1) is 37.7. The van der Waals surface area contributed by atoms with Crippen molar-refractivity contribution in [1.29, 1.82) is 0 Å². The average molecular weight is 606 g/mol. The van der Waals surface area contributed by atoms with Gasteiger partial charge >= 0.3 is 17.9 Å². The number of hydrogen-bond donors (Lipinski definition) is 6. The summed E-state index contributed by atoms with van der Waals surface area (Å²) in [6.45, 7) is 3.21. The number of aliphatic hydroxyl groups excluding tert-OH is 3. The van der Waals surface area contributed by atoms with Gasteiger partial charge in [0.25, 0.3) is 0 Å². The molecule has 0 aromatic rings. The molecule has 1 amide bonds. The molecule has 13 heteroatoms. The second-order valence-corrected chi connectivity index (χ2v) is 11.3. The van der Waals surface area contributed by atoms with Crippen LogP contribution >= 0.6 is 0 Å². The molecule has 0 radical (unpaired) electrons. The number of carboxylic acid groups (broad SMARTS) is 2. The van der Waals surface area contributed by atoms with Crippen LogP contribution in [-0.2, 0) is 33.4 Å². The van der Waals surface area contributed by atoms with Crippen LogP contribution in [-0.4, -0.2) is 99.3 Å². The van der Waals surface area contributed by atoms with E-state index in [2.05, 4.69) is 5.32 Å². The summed E-state index contributed by atoms with van der Waals surface area (Å²) in [5.74, 6) is -3.08. The number of ether oxygens (including phenoxy) is 3. The maximum absolute atomic E-state index is 11.7. The Labute approximate surface area is 247 Å². The average Bonchev–Trinajstić information content (AvgIpc) is 2.93. The number of aliphatic carboxylic acids is 2. The maximum Gasteiger partial charge on any atom is 0.322 e. The van der Waals surface area contributed by atoms with Crippen LogP contribution in [0, 0.1) is 5.92 Å². The predicted molar refractivity (Wildman–Crippen MR) is 150 cm³/mol. The van der Waals surface area contributed by atoms with E-state index in [9.17, 15) is 34.5 Å². The summed E-state index contributed by atoms with van der Waals surface area (Å²) in [6.07, 6.45) is 3.40. The van der Waals surface area contributed by atoms with Crippen molar-refractivity contribution < 1.29 is 58.9 Å². The van der Waals surface area contributed by atoms with Crippen LogP contribution in [0.25, 0.3) is 0 Å². The zero-order chi connectivity index (χ0) is 31.5. The summed E-state index contributed by atoms with van der Waals surface area (Å²) < 4.78 is 16.7. The molecule has 13 nitrogen and oxygen atoms in total. The van der Waals surface area contributed by atoms with Crippen molar-refractivity contribution in [3.63, 3.8) is 0 Å². The highest BCUT2D eigenvalue weighted by atomic mass is 16.7. The SMILES string of the molecule is CC(C)[C@H](CCCCCCCCCCCCC(=O)NCC(=O)O)O[C@@H]1O[C@H](COC(=O)CCC(=O)O)[C@@H](O)[C@H](O)[C@H]1O. The molecular formula is C29H51NO12. The number of esters is 1. The first-order chi connectivity index (χ1) is 19.9. The minimum absolute atomic E-state index is 0.0975. The number of hydrogen-bond acceptors (Lipinski definition) is 10. The number of amides is 1. The molecule has 0 saturated carbocycles. The van der Waals surface area contributed by atoms with Gasteiger partial charge in [0.15, 0.2) is 6.29 Å². The number of unbranched alkanes of at least 4 members (excludes halogenated alkanes) is 9. The number of aliphatic hydroxyl groups is 3. The number of carbonyl (C=O) groups excluding carboxylic acids is 2. The van der Waals surface area contributed by atoms with E-state index in [1.807, 2.05) is 13.8 Å². The van der Waals surface area contributed by atoms with Crippen molar-refractivity contribution in [2.75, 3.05) is 13.2 Å². The highest BCUT2D eigenvalue weighted by molar-refractivity contribution is 5.81. The van der Waals surface area contributed by atoms with E-state index in [0.717, 1.165) is 70.6 Å². The molecule has 0 bridgehead atoms. The number of carbonyl (C=O) groups is 4. The third-order valence-electron chi connectivity index (χ3n) is 7.25. The molecule has 244 valence electrons. The van der Waals surface area contributed by atoms with Crippen LogP contribution in [0.15, 0.2) is 0 Å². The monoisotopic (exact) mass is 605 g/mol. The Morgan fingerprint density at radius 3 is 1.86 bits per heavy atom. The van der Waals surface area contributed by atoms with Gasteiger partial charge in [-0.25, -0.2) is 0 Å². The van der Waals surface area contributed by atoms with Crippen LogP contribution in [0.3, 0.4) is 0 Å². The van der Waals surface area contributed by atoms with Crippen molar-refractivity contribution >= 4 is 23.8 Å². The number of rotatable bonds is 23. The third-order valence-corrected chi connectivity index (χ3v) is 7.25. The van der Waals surface area contributed by atoms with Crippen LogP contribution in [0.4, 0.5) is 0 Å². The Morgan fingerprint density at radius 2 is 1.31 bits per heavy atom. The molecular weight excluding hydrogens is 554 g/mol. The highest BCUT2D eigenvalue weighted by Crippen LogP contribution is 2.27. The Kier molecular flexibility index (Phi) is 19.2. The largest absolute Gasteiger partial charge is 0.481 e. The Balaban J connectivity index is 2.26. The molecule has 1 fully saturated rings. The van der Waals surface area contributed by atoms with Crippen molar-refractivity contribution in [3.05, 3.63) is 0 Å². The smallest absolute Gasteiger partial charge is 0.322 e. The molecule has 0 spiro atoms. The Hall–Kier alpha value is -2.32. The van der Waals surface area contributed by atoms with Gasteiger partial charge in [0.2, 0.25) is 5.91 Å². The summed E-state index contributed by atoms with van der Waals surface area (Å²) in [5.41, 5.74) is 0. The van der Waals surface area contributed by atoms with Crippen LogP contribution in [0.1, 0.15) is 104 Å². The predicted octanol–water partition coefficient (Wildman–Crippen LogP) is 2.13. The normalized spacial score (nSPS) is 23.0. The van der Waals surface area contributed by atoms with Gasteiger partial charge < -0.3 is 45.1 Å². The Morgan fingerprint density at radius 1 is 0.738 bits per heavy atom. The van der Waals surface area contributed by atoms with E-state index < -0.39 is 61.6 Å². The quantitative estimate of drug-likeness (QED) is 0.0731. The number of nitrogens with one attached hydrogen (secondary N) is 1. The van der Waals surface area contributed by atoms with Gasteiger partial charge in [-0.1, -0.05) is 71.6 Å². The summed E-state index contributed by atoms with van der Waals surface area (Å²) in [5, 5.41) is 50.6. The zero-order valence-electron chi connectivity index (χ0n) is 24.9. The van der Waals surface area contributed by atoms with E-state index in [4.69, 9.17) is 24.4 Å². The van der Waals surface area contributed by atoms with E-state index >= 15 is 0 Å². The lowest BCUT2D eigenvalue weighted by Crippen LogP contribution is -2.60. The molecule has 1 saturated heterocycles. The van der Waals surface area contributed by atoms with Gasteiger partial charge in [0.1, 0.15) is 37.6 Å². The second-order valence-electron chi connectivity index (χ2n) is 11.3. The first-order valence-corrected chi connectivity index (χ1v) is 15.1. The summed E-state index contributed by atoms with van der Waals surface area (Å²) in [7, 11) is 0. The molecule has 0 unspecified atom stereocenters. The third kappa shape index (κ3) is 16.4. The minimum atomic E-state index is -1.57. The first-order valence-electron chi connectivity index (χ1n) is 15.1. The summed E-state index contributed by atoms with van der Waals surface area (Å²) in [4.78, 5) is 44.2. The lowest BCUT2D eigenvalue weighted by Gasteiger charge is -2.41. The minimum Gasteiger partial charge on any atom is -0.481 e. The van der Waals surface area contributed by atoms with Crippen molar-refractivity contribution in [2.45, 2.75) is 141 Å². The van der Waals surface area contributed by atoms with E-state index in [-0.39, 0.29) is 30.9 Å². The fraction of sp³-hybridized carbons (Fsp3) is 0.862. The standard InChI is InChI=1S/C29H51NO12/c1-19(2)20(13-11-9-7-5-3-4-6-8-10-12-14-22(31)30-17-24(34)35)41-29-28(39)27(38)26(37)21(42-29)18-40-25(36)16-15-23(32)33/h19-21,26-29,37-39H,3-18H2,1-2H3,(H,30,31)(H,32,33)(H,34,35)/t20-,21+,26+,27-,28+,29+/m0/s1. The fourth-order valence-corrected chi connectivity index (χ4v) is 4.66. The van der Waals surface area contributed by atoms with E-state index in [1.165, 1.54) is 0 Å². The summed E-state index contributed by atoms with van der Waals surface area (Å²) >= 11 is 0. The van der Waals surface area contributed by atoms with Crippen LogP contribution in [0.2, 0.25) is 0 Å². The number of carboxylic acids is 2. The van der Waals surface area contributed by atoms with Gasteiger partial charge in [-0.3, -0.25) is 19.2 Å². The van der Waals surface area contributed by atoms with Crippen molar-refractivity contribution in [3.8, 4) is 0 Å². The molecule has 6 atom stereocenters. The lowest BCUT2D eigenvalue weighted by atomic mass is 9.97. The second kappa shape index (κ2) is 21.4. The lowest BCUT2D eigenvalue weighted by molar-refractivity contribution is -0.315. The van der Waals surface area contributed by atoms with Crippen LogP contribution in [0.5, 0.6) is 0 Å².